The highest BCUT2D eigenvalue weighted by Crippen LogP contribution is 2.37. The molecular weight excluding hydrogens is 527 g/mol. The van der Waals surface area contributed by atoms with Crippen molar-refractivity contribution < 1.29 is 4.39 Å². The summed E-state index contributed by atoms with van der Waals surface area (Å²) >= 11 is 0. The first-order valence-electron chi connectivity index (χ1n) is 13.5. The highest BCUT2D eigenvalue weighted by molar-refractivity contribution is 6.07. The van der Waals surface area contributed by atoms with Gasteiger partial charge in [-0.25, -0.2) is 34.3 Å². The second-order valence-corrected chi connectivity index (χ2v) is 10.3. The first-order valence-corrected chi connectivity index (χ1v) is 13.5. The van der Waals surface area contributed by atoms with Gasteiger partial charge < -0.3 is 9.97 Å². The molecule has 42 heavy (non-hydrogen) atoms. The highest BCUT2D eigenvalue weighted by Gasteiger charge is 2.22. The van der Waals surface area contributed by atoms with Crippen molar-refractivity contribution in [1.29, 1.82) is 0 Å². The van der Waals surface area contributed by atoms with Crippen LogP contribution in [0.15, 0.2) is 84.9 Å². The van der Waals surface area contributed by atoms with Crippen LogP contribution in [-0.4, -0.2) is 39.9 Å². The minimum atomic E-state index is -0.321. The van der Waals surface area contributed by atoms with Crippen molar-refractivity contribution in [2.24, 2.45) is 0 Å². The SMILES string of the molecule is Cc1c(F)ccc2c3nc4nc(nc5[nH]c(nc6nc(nc([nH]3)c12)-c1ccccc1-6)c1ccccc51)-c1ccccc1-4. The van der Waals surface area contributed by atoms with Gasteiger partial charge in [-0.2, -0.15) is 0 Å². The van der Waals surface area contributed by atoms with Crippen LogP contribution in [0, 0.1) is 12.7 Å². The van der Waals surface area contributed by atoms with E-state index >= 15 is 0 Å². The van der Waals surface area contributed by atoms with E-state index in [0.717, 1.165) is 38.4 Å². The lowest BCUT2D eigenvalue weighted by Gasteiger charge is -1.99. The van der Waals surface area contributed by atoms with E-state index in [1.807, 2.05) is 72.8 Å². The molecule has 0 saturated heterocycles. The van der Waals surface area contributed by atoms with Crippen molar-refractivity contribution >= 4 is 44.1 Å². The van der Waals surface area contributed by atoms with Crippen molar-refractivity contribution in [3.05, 3.63) is 96.3 Å². The van der Waals surface area contributed by atoms with Crippen LogP contribution in [0.25, 0.3) is 89.7 Å². The van der Waals surface area contributed by atoms with Crippen LogP contribution in [0.5, 0.6) is 0 Å². The molecule has 2 aliphatic rings. The van der Waals surface area contributed by atoms with Crippen LogP contribution in [0.4, 0.5) is 4.39 Å². The van der Waals surface area contributed by atoms with Crippen molar-refractivity contribution in [2.45, 2.75) is 6.92 Å². The zero-order valence-corrected chi connectivity index (χ0v) is 22.1. The second kappa shape index (κ2) is 8.34. The largest absolute Gasteiger partial charge is 0.324 e. The number of aryl methyl sites for hydroxylation is 1. The second-order valence-electron chi connectivity index (χ2n) is 10.3. The Kier molecular flexibility index (Phi) is 4.55. The number of H-pyrrole nitrogens is 2. The molecule has 4 aromatic carbocycles. The summed E-state index contributed by atoms with van der Waals surface area (Å²) < 4.78 is 14.9. The molecule has 3 aromatic heterocycles. The summed E-state index contributed by atoms with van der Waals surface area (Å²) in [6.07, 6.45) is 0. The van der Waals surface area contributed by atoms with Crippen LogP contribution in [-0.2, 0) is 0 Å². The van der Waals surface area contributed by atoms with Crippen molar-refractivity contribution in [3.8, 4) is 45.6 Å². The average molecular weight is 547 g/mol. The monoisotopic (exact) mass is 546 g/mol. The number of rotatable bonds is 0. The minimum Gasteiger partial charge on any atom is -0.324 e. The highest BCUT2D eigenvalue weighted by atomic mass is 19.1. The van der Waals surface area contributed by atoms with E-state index in [9.17, 15) is 4.39 Å². The maximum Gasteiger partial charge on any atom is 0.164 e. The molecule has 0 unspecified atom stereocenters. The Morgan fingerprint density at radius 1 is 0.452 bits per heavy atom. The van der Waals surface area contributed by atoms with Crippen molar-refractivity contribution in [3.63, 3.8) is 0 Å². The molecule has 0 spiro atoms. The Morgan fingerprint density at radius 3 is 1.36 bits per heavy atom. The van der Waals surface area contributed by atoms with Crippen molar-refractivity contribution in [2.75, 3.05) is 0 Å². The summed E-state index contributed by atoms with van der Waals surface area (Å²) in [5.41, 5.74) is 6.17. The molecule has 8 bridgehead atoms. The van der Waals surface area contributed by atoms with E-state index in [1.54, 1.807) is 13.0 Å². The molecule has 5 heterocycles. The number of fused-ring (bicyclic) bond motifs is 20. The first-order chi connectivity index (χ1) is 20.6. The molecule has 0 amide bonds. The number of nitrogens with zero attached hydrogens (tertiary/aromatic N) is 6. The summed E-state index contributed by atoms with van der Waals surface area (Å²) in [5.74, 6) is 1.73. The predicted octanol–water partition coefficient (Wildman–Crippen LogP) is 7.32. The van der Waals surface area contributed by atoms with Gasteiger partial charge in [-0.3, -0.25) is 0 Å². The molecule has 0 fully saturated rings. The summed E-state index contributed by atoms with van der Waals surface area (Å²) in [5, 5.41) is 3.22. The quantitative estimate of drug-likeness (QED) is 0.206. The Bertz CT molecular complexity index is 2450. The van der Waals surface area contributed by atoms with Gasteiger partial charge in [-0.05, 0) is 24.6 Å². The number of aromatic nitrogens is 8. The van der Waals surface area contributed by atoms with E-state index in [-0.39, 0.29) is 5.82 Å². The average Bonchev–Trinajstić information content (AvgIpc) is 3.74. The molecule has 9 heteroatoms. The van der Waals surface area contributed by atoms with Crippen LogP contribution in [0.3, 0.4) is 0 Å². The fourth-order valence-corrected chi connectivity index (χ4v) is 5.87. The fraction of sp³-hybridized carbons (Fsp3) is 0.0303. The van der Waals surface area contributed by atoms with Crippen molar-refractivity contribution in [1.82, 2.24) is 39.9 Å². The molecule has 0 atom stereocenters. The Balaban J connectivity index is 1.52. The Labute approximate surface area is 237 Å². The van der Waals surface area contributed by atoms with Gasteiger partial charge in [0.25, 0.3) is 0 Å². The molecule has 7 aromatic rings. The van der Waals surface area contributed by atoms with Gasteiger partial charge in [0.1, 0.15) is 28.4 Å². The van der Waals surface area contributed by atoms with Gasteiger partial charge in [0.2, 0.25) is 0 Å². The zero-order chi connectivity index (χ0) is 27.9. The van der Waals surface area contributed by atoms with E-state index in [0.29, 0.717) is 56.8 Å². The molecule has 198 valence electrons. The summed E-state index contributed by atoms with van der Waals surface area (Å²) in [4.78, 5) is 36.4. The first kappa shape index (κ1) is 22.9. The van der Waals surface area contributed by atoms with Gasteiger partial charge in [0.15, 0.2) is 23.3 Å². The maximum absolute atomic E-state index is 14.9. The lowest BCUT2D eigenvalue weighted by atomic mass is 10.1. The van der Waals surface area contributed by atoms with E-state index in [2.05, 4.69) is 9.97 Å². The van der Waals surface area contributed by atoms with E-state index in [1.165, 1.54) is 6.07 Å². The smallest absolute Gasteiger partial charge is 0.164 e. The number of hydrogen-bond acceptors (Lipinski definition) is 6. The van der Waals surface area contributed by atoms with E-state index < -0.39 is 0 Å². The summed E-state index contributed by atoms with van der Waals surface area (Å²) in [6.45, 7) is 1.74. The number of nitrogens with one attached hydrogen (secondary N) is 2. The van der Waals surface area contributed by atoms with Gasteiger partial charge in [0, 0.05) is 43.8 Å². The molecular formula is C33H19FN8. The van der Waals surface area contributed by atoms with Gasteiger partial charge in [-0.1, -0.05) is 72.8 Å². The lowest BCUT2D eigenvalue weighted by molar-refractivity contribution is 0.621. The van der Waals surface area contributed by atoms with Gasteiger partial charge in [-0.15, -0.1) is 0 Å². The lowest BCUT2D eigenvalue weighted by Crippen LogP contribution is -1.85. The minimum absolute atomic E-state index is 0.321. The van der Waals surface area contributed by atoms with Crippen LogP contribution in [0.2, 0.25) is 0 Å². The topological polar surface area (TPSA) is 109 Å². The Morgan fingerprint density at radius 2 is 0.857 bits per heavy atom. The summed E-state index contributed by atoms with van der Waals surface area (Å²) in [6, 6.07) is 26.9. The number of benzene rings is 4. The molecule has 0 saturated carbocycles. The number of halogens is 1. The molecule has 2 aliphatic heterocycles. The van der Waals surface area contributed by atoms with Crippen LogP contribution >= 0.6 is 0 Å². The molecule has 9 rings (SSSR count). The zero-order valence-electron chi connectivity index (χ0n) is 22.1. The van der Waals surface area contributed by atoms with Crippen LogP contribution < -0.4 is 0 Å². The third-order valence-electron chi connectivity index (χ3n) is 7.91. The molecule has 2 N–H and O–H groups in total. The number of aromatic amines is 2. The Hall–Kier alpha value is -5.83. The van der Waals surface area contributed by atoms with Gasteiger partial charge in [0.05, 0.1) is 0 Å². The normalized spacial score (nSPS) is 12.0. The third-order valence-corrected chi connectivity index (χ3v) is 7.91. The van der Waals surface area contributed by atoms with E-state index in [4.69, 9.17) is 29.9 Å². The standard InChI is InChI=1S/C33H19FN8/c1-16-24(34)15-14-23-25(16)33-41-31-22-13-7-6-12-21(22)29(39-31)37-27-18-9-3-2-8-17(18)26(35-27)36-28-19-10-4-5-11-20(19)30(38-28)40-32(23)42-33/h2-15H,1H3,(H2,35,36,37,38,39,40,41,42). The fourth-order valence-electron chi connectivity index (χ4n) is 5.87. The number of hydrogen-bond donors (Lipinski definition) is 2. The molecule has 0 radical (unpaired) electrons. The molecule has 0 aliphatic carbocycles. The van der Waals surface area contributed by atoms with Gasteiger partial charge >= 0.3 is 0 Å². The summed E-state index contributed by atoms with van der Waals surface area (Å²) in [7, 11) is 0. The van der Waals surface area contributed by atoms with Crippen LogP contribution in [0.1, 0.15) is 5.56 Å². The third kappa shape index (κ3) is 3.21. The molecule has 8 nitrogen and oxygen atoms in total. The predicted molar refractivity (Wildman–Crippen MR) is 161 cm³/mol. The maximum atomic E-state index is 14.9.